The molecule has 2 aromatic rings. The molecule has 0 fully saturated rings. The standard InChI is InChI=1S/C14H13F3N2O/c1-3-9-20-12-10(2)19(11-7-5-4-6-8-11)18-13(12)14(15,16)17/h3-8H,1,9H2,2H3. The summed E-state index contributed by atoms with van der Waals surface area (Å²) in [6.07, 6.45) is -3.18. The predicted octanol–water partition coefficient (Wildman–Crippen LogP) is 3.76. The summed E-state index contributed by atoms with van der Waals surface area (Å²) in [5.41, 5.74) is -0.185. The van der Waals surface area contributed by atoms with Crippen molar-refractivity contribution in [2.24, 2.45) is 0 Å². The minimum Gasteiger partial charge on any atom is -0.485 e. The topological polar surface area (TPSA) is 27.1 Å². The Hall–Kier alpha value is -2.24. The number of rotatable bonds is 4. The second-order valence-corrected chi connectivity index (χ2v) is 4.11. The highest BCUT2D eigenvalue weighted by atomic mass is 19.4. The molecular weight excluding hydrogens is 269 g/mol. The van der Waals surface area contributed by atoms with Gasteiger partial charge in [-0.3, -0.25) is 0 Å². The van der Waals surface area contributed by atoms with Gasteiger partial charge in [-0.25, -0.2) is 4.68 Å². The normalized spacial score (nSPS) is 11.4. The average molecular weight is 282 g/mol. The van der Waals surface area contributed by atoms with E-state index in [-0.39, 0.29) is 12.4 Å². The molecule has 0 radical (unpaired) electrons. The highest BCUT2D eigenvalue weighted by Gasteiger charge is 2.40. The molecule has 1 aromatic carbocycles. The van der Waals surface area contributed by atoms with Crippen LogP contribution in [0.4, 0.5) is 13.2 Å². The van der Waals surface area contributed by atoms with Crippen molar-refractivity contribution in [3.63, 3.8) is 0 Å². The van der Waals surface area contributed by atoms with Crippen LogP contribution in [0.2, 0.25) is 0 Å². The van der Waals surface area contributed by atoms with E-state index in [1.807, 2.05) is 0 Å². The Labute approximate surface area is 114 Å². The van der Waals surface area contributed by atoms with Gasteiger partial charge in [0.1, 0.15) is 6.61 Å². The number of nitrogens with zero attached hydrogens (tertiary/aromatic N) is 2. The van der Waals surface area contributed by atoms with Gasteiger partial charge in [-0.2, -0.15) is 18.3 Å². The van der Waals surface area contributed by atoms with E-state index in [1.54, 1.807) is 30.3 Å². The van der Waals surface area contributed by atoms with Crippen LogP contribution in [0.15, 0.2) is 43.0 Å². The van der Waals surface area contributed by atoms with Crippen LogP contribution < -0.4 is 4.74 Å². The summed E-state index contributed by atoms with van der Waals surface area (Å²) in [5, 5.41) is 3.64. The third kappa shape index (κ3) is 2.68. The molecule has 0 amide bonds. The number of para-hydroxylation sites is 1. The molecule has 1 heterocycles. The maximum absolute atomic E-state index is 13.0. The number of aromatic nitrogens is 2. The van der Waals surface area contributed by atoms with Crippen molar-refractivity contribution in [3.8, 4) is 11.4 Å². The summed E-state index contributed by atoms with van der Waals surface area (Å²) in [5.74, 6) is -0.263. The van der Waals surface area contributed by atoms with E-state index in [9.17, 15) is 13.2 Å². The van der Waals surface area contributed by atoms with Gasteiger partial charge in [0.05, 0.1) is 11.4 Å². The van der Waals surface area contributed by atoms with Crippen LogP contribution in [-0.4, -0.2) is 16.4 Å². The molecule has 0 bridgehead atoms. The van der Waals surface area contributed by atoms with Crippen molar-refractivity contribution in [1.82, 2.24) is 9.78 Å². The summed E-state index contributed by atoms with van der Waals surface area (Å²) in [6, 6.07) is 8.60. The van der Waals surface area contributed by atoms with E-state index in [4.69, 9.17) is 4.74 Å². The Morgan fingerprint density at radius 3 is 2.50 bits per heavy atom. The van der Waals surface area contributed by atoms with Crippen LogP contribution in [0.3, 0.4) is 0 Å². The lowest BCUT2D eigenvalue weighted by Crippen LogP contribution is -2.09. The molecule has 0 aliphatic heterocycles. The molecule has 0 unspecified atom stereocenters. The van der Waals surface area contributed by atoms with Crippen molar-refractivity contribution in [2.45, 2.75) is 13.1 Å². The second-order valence-electron chi connectivity index (χ2n) is 4.11. The SMILES string of the molecule is C=CCOc1c(C(F)(F)F)nn(-c2ccccc2)c1C. The molecule has 0 N–H and O–H groups in total. The van der Waals surface area contributed by atoms with E-state index < -0.39 is 11.9 Å². The fourth-order valence-electron chi connectivity index (χ4n) is 1.81. The van der Waals surface area contributed by atoms with E-state index in [0.717, 1.165) is 0 Å². The average Bonchev–Trinajstić information content (AvgIpc) is 2.74. The number of hydrogen-bond acceptors (Lipinski definition) is 2. The Bertz CT molecular complexity index is 603. The maximum atomic E-state index is 13.0. The van der Waals surface area contributed by atoms with Gasteiger partial charge in [0.15, 0.2) is 5.75 Å². The minimum absolute atomic E-state index is 0.00952. The molecule has 0 saturated carbocycles. The molecule has 20 heavy (non-hydrogen) atoms. The molecule has 0 atom stereocenters. The van der Waals surface area contributed by atoms with Crippen molar-refractivity contribution in [1.29, 1.82) is 0 Å². The first-order valence-electron chi connectivity index (χ1n) is 5.91. The van der Waals surface area contributed by atoms with Gasteiger partial charge in [-0.1, -0.05) is 30.9 Å². The molecule has 0 spiro atoms. The van der Waals surface area contributed by atoms with E-state index >= 15 is 0 Å². The molecule has 0 saturated heterocycles. The summed E-state index contributed by atoms with van der Waals surface area (Å²) >= 11 is 0. The second kappa shape index (κ2) is 5.40. The lowest BCUT2D eigenvalue weighted by molar-refractivity contribution is -0.142. The monoisotopic (exact) mass is 282 g/mol. The minimum atomic E-state index is -4.57. The first-order chi connectivity index (χ1) is 9.45. The van der Waals surface area contributed by atoms with Gasteiger partial charge in [-0.15, -0.1) is 0 Å². The van der Waals surface area contributed by atoms with Crippen LogP contribution >= 0.6 is 0 Å². The Morgan fingerprint density at radius 1 is 1.30 bits per heavy atom. The lowest BCUT2D eigenvalue weighted by Gasteiger charge is -2.07. The van der Waals surface area contributed by atoms with Gasteiger partial charge in [-0.05, 0) is 19.1 Å². The van der Waals surface area contributed by atoms with Crippen LogP contribution in [-0.2, 0) is 6.18 Å². The largest absolute Gasteiger partial charge is 0.485 e. The fourth-order valence-corrected chi connectivity index (χ4v) is 1.81. The molecule has 1 aromatic heterocycles. The highest BCUT2D eigenvalue weighted by Crippen LogP contribution is 2.38. The Balaban J connectivity index is 2.55. The van der Waals surface area contributed by atoms with E-state index in [2.05, 4.69) is 11.7 Å². The van der Waals surface area contributed by atoms with Crippen LogP contribution in [0.1, 0.15) is 11.4 Å². The number of benzene rings is 1. The maximum Gasteiger partial charge on any atom is 0.438 e. The van der Waals surface area contributed by atoms with Gasteiger partial charge in [0.2, 0.25) is 5.69 Å². The van der Waals surface area contributed by atoms with Crippen molar-refractivity contribution in [3.05, 3.63) is 54.4 Å². The van der Waals surface area contributed by atoms with Crippen LogP contribution in [0.25, 0.3) is 5.69 Å². The van der Waals surface area contributed by atoms with Crippen LogP contribution in [0, 0.1) is 6.92 Å². The van der Waals surface area contributed by atoms with E-state index in [0.29, 0.717) is 11.4 Å². The molecule has 106 valence electrons. The first-order valence-corrected chi connectivity index (χ1v) is 5.91. The molecule has 0 aliphatic rings. The third-order valence-corrected chi connectivity index (χ3v) is 2.68. The number of alkyl halides is 3. The Kier molecular flexibility index (Phi) is 3.83. The quantitative estimate of drug-likeness (QED) is 0.798. The van der Waals surface area contributed by atoms with Gasteiger partial charge >= 0.3 is 6.18 Å². The summed E-state index contributed by atoms with van der Waals surface area (Å²) in [4.78, 5) is 0. The number of hydrogen-bond donors (Lipinski definition) is 0. The Morgan fingerprint density at radius 2 is 1.95 bits per heavy atom. The highest BCUT2D eigenvalue weighted by molar-refractivity contribution is 5.42. The van der Waals surface area contributed by atoms with Crippen molar-refractivity contribution < 1.29 is 17.9 Å². The molecule has 0 aliphatic carbocycles. The summed E-state index contributed by atoms with van der Waals surface area (Å²) in [6.45, 7) is 4.95. The lowest BCUT2D eigenvalue weighted by atomic mass is 10.3. The molecule has 2 rings (SSSR count). The molecule has 3 nitrogen and oxygen atoms in total. The van der Waals surface area contributed by atoms with Gasteiger partial charge < -0.3 is 4.74 Å². The number of ether oxygens (including phenoxy) is 1. The smallest absolute Gasteiger partial charge is 0.438 e. The van der Waals surface area contributed by atoms with Crippen LogP contribution in [0.5, 0.6) is 5.75 Å². The van der Waals surface area contributed by atoms with Gasteiger partial charge in [0, 0.05) is 0 Å². The fraction of sp³-hybridized carbons (Fsp3) is 0.214. The molecule has 6 heteroatoms. The predicted molar refractivity (Wildman–Crippen MR) is 69.0 cm³/mol. The third-order valence-electron chi connectivity index (χ3n) is 2.68. The van der Waals surface area contributed by atoms with Gasteiger partial charge in [0.25, 0.3) is 0 Å². The number of halogens is 3. The molecular formula is C14H13F3N2O. The zero-order valence-corrected chi connectivity index (χ0v) is 10.8. The van der Waals surface area contributed by atoms with E-state index in [1.165, 1.54) is 17.7 Å². The summed E-state index contributed by atoms with van der Waals surface area (Å²) < 4.78 is 45.4. The zero-order valence-electron chi connectivity index (χ0n) is 10.8. The summed E-state index contributed by atoms with van der Waals surface area (Å²) in [7, 11) is 0. The van der Waals surface area contributed by atoms with Crippen molar-refractivity contribution >= 4 is 0 Å². The zero-order chi connectivity index (χ0) is 14.8. The van der Waals surface area contributed by atoms with Crippen molar-refractivity contribution in [2.75, 3.05) is 6.61 Å². The first kappa shape index (κ1) is 14.2.